The summed E-state index contributed by atoms with van der Waals surface area (Å²) in [6.45, 7) is 2.03. The monoisotopic (exact) mass is 349 g/mol. The number of aromatic nitrogens is 5. The highest BCUT2D eigenvalue weighted by atomic mass is 32.1. The van der Waals surface area contributed by atoms with E-state index in [9.17, 15) is 0 Å². The largest absolute Gasteiger partial charge is 0.253 e. The van der Waals surface area contributed by atoms with Gasteiger partial charge in [-0.05, 0) is 31.9 Å². The molecule has 0 spiro atoms. The van der Waals surface area contributed by atoms with Crippen LogP contribution in [0.25, 0.3) is 26.4 Å². The summed E-state index contributed by atoms with van der Waals surface area (Å²) in [7, 11) is 0. The molecule has 0 amide bonds. The Labute approximate surface area is 149 Å². The van der Waals surface area contributed by atoms with Gasteiger partial charge in [0.2, 0.25) is 4.96 Å². The van der Waals surface area contributed by atoms with Crippen LogP contribution in [0.2, 0.25) is 0 Å². The van der Waals surface area contributed by atoms with Crippen LogP contribution in [0.15, 0.2) is 30.3 Å². The van der Waals surface area contributed by atoms with Crippen molar-refractivity contribution >= 4 is 27.2 Å². The highest BCUT2D eigenvalue weighted by molar-refractivity contribution is 7.19. The Bertz CT molecular complexity index is 1060. The Kier molecular flexibility index (Phi) is 3.52. The Morgan fingerprint density at radius 3 is 2.80 bits per heavy atom. The third-order valence-corrected chi connectivity index (χ3v) is 5.99. The zero-order chi connectivity index (χ0) is 16.8. The molecule has 0 atom stereocenters. The fourth-order valence-corrected chi connectivity index (χ4v) is 4.72. The van der Waals surface area contributed by atoms with Crippen molar-refractivity contribution in [3.63, 3.8) is 0 Å². The standard InChI is InChI=1S/C19H19N5S/c1-12-11-15(14-9-5-6-10-16(14)20-12)18-23-24-17(21-22-19(24)25-18)13-7-3-2-4-8-13/h5-6,9-11,13H,2-4,7-8H2,1H3. The number of rotatable bonds is 2. The van der Waals surface area contributed by atoms with Crippen LogP contribution in [-0.4, -0.2) is 24.8 Å². The highest BCUT2D eigenvalue weighted by Gasteiger charge is 2.23. The van der Waals surface area contributed by atoms with Gasteiger partial charge in [0.15, 0.2) is 5.82 Å². The van der Waals surface area contributed by atoms with Crippen molar-refractivity contribution in [2.24, 2.45) is 0 Å². The minimum atomic E-state index is 0.495. The van der Waals surface area contributed by atoms with E-state index in [1.165, 1.54) is 32.1 Å². The van der Waals surface area contributed by atoms with Crippen molar-refractivity contribution in [3.05, 3.63) is 41.9 Å². The summed E-state index contributed by atoms with van der Waals surface area (Å²) < 4.78 is 1.97. The molecule has 0 saturated heterocycles. The van der Waals surface area contributed by atoms with Crippen LogP contribution >= 0.6 is 11.3 Å². The molecular weight excluding hydrogens is 330 g/mol. The van der Waals surface area contributed by atoms with Crippen LogP contribution in [0.1, 0.15) is 49.5 Å². The maximum Gasteiger partial charge on any atom is 0.234 e. The minimum absolute atomic E-state index is 0.495. The lowest BCUT2D eigenvalue weighted by atomic mass is 9.89. The summed E-state index contributed by atoms with van der Waals surface area (Å²) in [6, 6.07) is 10.4. The molecule has 3 aromatic heterocycles. The topological polar surface area (TPSA) is 56.0 Å². The van der Waals surface area contributed by atoms with Crippen molar-refractivity contribution in [2.75, 3.05) is 0 Å². The minimum Gasteiger partial charge on any atom is -0.253 e. The molecule has 5 rings (SSSR count). The average molecular weight is 349 g/mol. The van der Waals surface area contributed by atoms with E-state index in [-0.39, 0.29) is 0 Å². The number of hydrogen-bond acceptors (Lipinski definition) is 5. The van der Waals surface area contributed by atoms with E-state index in [1.54, 1.807) is 11.3 Å². The summed E-state index contributed by atoms with van der Waals surface area (Å²) in [6.07, 6.45) is 6.30. The molecule has 0 aliphatic heterocycles. The summed E-state index contributed by atoms with van der Waals surface area (Å²) in [5, 5.41) is 15.9. The van der Waals surface area contributed by atoms with Gasteiger partial charge in [-0.25, -0.2) is 0 Å². The van der Waals surface area contributed by atoms with Gasteiger partial charge in [-0.1, -0.05) is 48.8 Å². The van der Waals surface area contributed by atoms with E-state index in [2.05, 4.69) is 39.4 Å². The molecule has 126 valence electrons. The normalized spacial score (nSPS) is 16.0. The summed E-state index contributed by atoms with van der Waals surface area (Å²) in [5.41, 5.74) is 3.15. The predicted molar refractivity (Wildman–Crippen MR) is 100.0 cm³/mol. The number of nitrogens with zero attached hydrogens (tertiary/aromatic N) is 5. The van der Waals surface area contributed by atoms with E-state index >= 15 is 0 Å². The number of fused-ring (bicyclic) bond motifs is 2. The predicted octanol–water partition coefficient (Wildman–Crippen LogP) is 4.76. The van der Waals surface area contributed by atoms with Gasteiger partial charge in [-0.2, -0.15) is 9.61 Å². The Balaban J connectivity index is 1.66. The first-order valence-corrected chi connectivity index (χ1v) is 9.70. The third kappa shape index (κ3) is 2.52. The van der Waals surface area contributed by atoms with Crippen molar-refractivity contribution < 1.29 is 0 Å². The molecular formula is C19H19N5S. The fraction of sp³-hybridized carbons (Fsp3) is 0.368. The van der Waals surface area contributed by atoms with Crippen LogP contribution in [0, 0.1) is 6.92 Å². The molecule has 5 nitrogen and oxygen atoms in total. The summed E-state index contributed by atoms with van der Waals surface area (Å²) in [4.78, 5) is 5.52. The smallest absolute Gasteiger partial charge is 0.234 e. The summed E-state index contributed by atoms with van der Waals surface area (Å²) in [5.74, 6) is 1.53. The van der Waals surface area contributed by atoms with E-state index in [0.717, 1.165) is 38.0 Å². The third-order valence-electron chi connectivity index (χ3n) is 5.06. The number of pyridine rings is 1. The van der Waals surface area contributed by atoms with Crippen molar-refractivity contribution in [1.82, 2.24) is 24.8 Å². The fourth-order valence-electron chi connectivity index (χ4n) is 3.84. The van der Waals surface area contributed by atoms with Crippen LogP contribution in [-0.2, 0) is 0 Å². The number of aryl methyl sites for hydroxylation is 1. The van der Waals surface area contributed by atoms with Crippen LogP contribution in [0.4, 0.5) is 0 Å². The van der Waals surface area contributed by atoms with E-state index in [1.807, 2.05) is 17.5 Å². The SMILES string of the molecule is Cc1cc(-c2nn3c(C4CCCCC4)nnc3s2)c2ccccc2n1. The Hall–Kier alpha value is -2.34. The molecule has 0 bridgehead atoms. The van der Waals surface area contributed by atoms with Gasteiger partial charge in [0.1, 0.15) is 5.01 Å². The first kappa shape index (κ1) is 15.0. The lowest BCUT2D eigenvalue weighted by molar-refractivity contribution is 0.423. The van der Waals surface area contributed by atoms with E-state index in [0.29, 0.717) is 5.92 Å². The van der Waals surface area contributed by atoms with Crippen molar-refractivity contribution in [1.29, 1.82) is 0 Å². The zero-order valence-electron chi connectivity index (χ0n) is 14.1. The van der Waals surface area contributed by atoms with Gasteiger partial charge in [0, 0.05) is 22.6 Å². The quantitative estimate of drug-likeness (QED) is 0.524. The molecule has 3 heterocycles. The van der Waals surface area contributed by atoms with Crippen molar-refractivity contribution in [2.45, 2.75) is 44.9 Å². The molecule has 1 fully saturated rings. The second-order valence-electron chi connectivity index (χ2n) is 6.82. The van der Waals surface area contributed by atoms with Gasteiger partial charge in [-0.15, -0.1) is 10.2 Å². The first-order chi connectivity index (χ1) is 12.3. The second kappa shape index (κ2) is 5.88. The van der Waals surface area contributed by atoms with Gasteiger partial charge in [0.05, 0.1) is 5.52 Å². The maximum atomic E-state index is 4.89. The molecule has 0 N–H and O–H groups in total. The lowest BCUT2D eigenvalue weighted by Crippen LogP contribution is -2.09. The lowest BCUT2D eigenvalue weighted by Gasteiger charge is -2.18. The summed E-state index contributed by atoms with van der Waals surface area (Å²) >= 11 is 1.61. The molecule has 1 aliphatic rings. The molecule has 0 unspecified atom stereocenters. The Morgan fingerprint density at radius 2 is 1.92 bits per heavy atom. The first-order valence-electron chi connectivity index (χ1n) is 8.88. The average Bonchev–Trinajstić information content (AvgIpc) is 3.22. The molecule has 1 aromatic carbocycles. The Morgan fingerprint density at radius 1 is 1.08 bits per heavy atom. The molecule has 6 heteroatoms. The van der Waals surface area contributed by atoms with Crippen LogP contribution in [0.5, 0.6) is 0 Å². The number of hydrogen-bond donors (Lipinski definition) is 0. The van der Waals surface area contributed by atoms with Crippen LogP contribution < -0.4 is 0 Å². The van der Waals surface area contributed by atoms with E-state index < -0.39 is 0 Å². The molecule has 25 heavy (non-hydrogen) atoms. The second-order valence-corrected chi connectivity index (χ2v) is 7.78. The maximum absolute atomic E-state index is 4.89. The molecule has 0 radical (unpaired) electrons. The van der Waals surface area contributed by atoms with Gasteiger partial charge in [0.25, 0.3) is 0 Å². The number of benzene rings is 1. The van der Waals surface area contributed by atoms with Crippen molar-refractivity contribution in [3.8, 4) is 10.6 Å². The molecule has 4 aromatic rings. The van der Waals surface area contributed by atoms with Crippen LogP contribution in [0.3, 0.4) is 0 Å². The number of para-hydroxylation sites is 1. The van der Waals surface area contributed by atoms with Gasteiger partial charge in [-0.3, -0.25) is 4.98 Å². The zero-order valence-corrected chi connectivity index (χ0v) is 15.0. The highest BCUT2D eigenvalue weighted by Crippen LogP contribution is 2.35. The molecule has 1 saturated carbocycles. The van der Waals surface area contributed by atoms with Gasteiger partial charge < -0.3 is 0 Å². The van der Waals surface area contributed by atoms with E-state index in [4.69, 9.17) is 5.10 Å². The van der Waals surface area contributed by atoms with Gasteiger partial charge >= 0.3 is 0 Å². The molecule has 1 aliphatic carbocycles.